The van der Waals surface area contributed by atoms with Gasteiger partial charge in [0.25, 0.3) is 0 Å². The summed E-state index contributed by atoms with van der Waals surface area (Å²) >= 11 is 0. The van der Waals surface area contributed by atoms with Crippen LogP contribution in [0.2, 0.25) is 0 Å². The van der Waals surface area contributed by atoms with Gasteiger partial charge in [0.1, 0.15) is 0 Å². The second kappa shape index (κ2) is 10.3. The maximum absolute atomic E-state index is 9.45. The fraction of sp³-hybridized carbons (Fsp3) is 0. The highest BCUT2D eigenvalue weighted by Crippen LogP contribution is 2.59. The van der Waals surface area contributed by atoms with E-state index in [1.165, 1.54) is 93.2 Å². The standard InChI is InChI=1S/C47H27N/c48-28-29-22-24-32(25-23-29)35-26-27-42-43-36(35)20-9-21-41(43)46-44(37-18-7-12-30-10-1-3-14-33(30)37)39-16-5-6-17-40(39)45(47(42)46)38-19-8-13-31-11-2-4-15-34(31)38/h1-27H. The molecule has 0 radical (unpaired) electrons. The lowest BCUT2D eigenvalue weighted by Crippen LogP contribution is -1.94. The van der Waals surface area contributed by atoms with E-state index in [0.29, 0.717) is 5.56 Å². The minimum atomic E-state index is 0.670. The first kappa shape index (κ1) is 26.7. The molecule has 0 saturated heterocycles. The van der Waals surface area contributed by atoms with Gasteiger partial charge in [0, 0.05) is 0 Å². The van der Waals surface area contributed by atoms with Crippen LogP contribution in [-0.4, -0.2) is 0 Å². The van der Waals surface area contributed by atoms with E-state index in [0.717, 1.165) is 5.56 Å². The van der Waals surface area contributed by atoms with Crippen LogP contribution >= 0.6 is 0 Å². The van der Waals surface area contributed by atoms with E-state index in [9.17, 15) is 5.26 Å². The molecule has 0 bridgehead atoms. The number of rotatable bonds is 3. The molecule has 0 N–H and O–H groups in total. The molecule has 9 aromatic rings. The lowest BCUT2D eigenvalue weighted by molar-refractivity contribution is 1.48. The van der Waals surface area contributed by atoms with E-state index in [4.69, 9.17) is 0 Å². The first-order valence-electron chi connectivity index (χ1n) is 16.4. The molecule has 0 spiro atoms. The van der Waals surface area contributed by atoms with Gasteiger partial charge in [-0.3, -0.25) is 0 Å². The molecule has 220 valence electrons. The fourth-order valence-electron chi connectivity index (χ4n) is 8.22. The predicted octanol–water partition coefficient (Wildman–Crippen LogP) is 12.8. The molecule has 48 heavy (non-hydrogen) atoms. The molecule has 1 aliphatic carbocycles. The molecule has 0 aromatic heterocycles. The summed E-state index contributed by atoms with van der Waals surface area (Å²) in [5, 5.41) is 19.5. The van der Waals surface area contributed by atoms with Crippen LogP contribution < -0.4 is 0 Å². The lowest BCUT2D eigenvalue weighted by atomic mass is 9.81. The average molecular weight is 606 g/mol. The first-order valence-corrected chi connectivity index (χ1v) is 16.4. The van der Waals surface area contributed by atoms with Crippen molar-refractivity contribution in [2.45, 2.75) is 0 Å². The molecule has 0 unspecified atom stereocenters. The van der Waals surface area contributed by atoms with Crippen LogP contribution in [0.5, 0.6) is 0 Å². The fourth-order valence-corrected chi connectivity index (χ4v) is 8.22. The van der Waals surface area contributed by atoms with Gasteiger partial charge in [0.15, 0.2) is 0 Å². The third kappa shape index (κ3) is 3.72. The third-order valence-electron chi connectivity index (χ3n) is 10.2. The maximum Gasteiger partial charge on any atom is 0.0991 e. The minimum Gasteiger partial charge on any atom is -0.192 e. The van der Waals surface area contributed by atoms with Gasteiger partial charge in [-0.2, -0.15) is 5.26 Å². The number of nitrogens with zero attached hydrogens (tertiary/aromatic N) is 1. The van der Waals surface area contributed by atoms with Crippen LogP contribution in [0.15, 0.2) is 164 Å². The molecule has 0 aliphatic heterocycles. The minimum absolute atomic E-state index is 0.670. The number of nitriles is 1. The Balaban J connectivity index is 1.41. The lowest BCUT2D eigenvalue weighted by Gasteiger charge is -2.22. The molecular formula is C47H27N. The van der Waals surface area contributed by atoms with Gasteiger partial charge in [0.05, 0.1) is 11.6 Å². The topological polar surface area (TPSA) is 23.8 Å². The van der Waals surface area contributed by atoms with Crippen molar-refractivity contribution in [3.05, 3.63) is 169 Å². The summed E-state index contributed by atoms with van der Waals surface area (Å²) in [6.45, 7) is 0. The second-order valence-corrected chi connectivity index (χ2v) is 12.7. The van der Waals surface area contributed by atoms with Crippen molar-refractivity contribution in [1.29, 1.82) is 5.26 Å². The van der Waals surface area contributed by atoms with E-state index in [1.54, 1.807) is 0 Å². The average Bonchev–Trinajstić information content (AvgIpc) is 3.48. The van der Waals surface area contributed by atoms with E-state index in [-0.39, 0.29) is 0 Å². The Bertz CT molecular complexity index is 2690. The van der Waals surface area contributed by atoms with Gasteiger partial charge in [-0.1, -0.05) is 152 Å². The molecule has 0 atom stereocenters. The van der Waals surface area contributed by atoms with Crippen LogP contribution in [0.1, 0.15) is 5.56 Å². The van der Waals surface area contributed by atoms with Crippen LogP contribution in [0.4, 0.5) is 0 Å². The molecule has 9 aromatic carbocycles. The van der Waals surface area contributed by atoms with Crippen molar-refractivity contribution in [2.75, 3.05) is 0 Å². The largest absolute Gasteiger partial charge is 0.192 e. The summed E-state index contributed by atoms with van der Waals surface area (Å²) in [6, 6.07) is 61.5. The van der Waals surface area contributed by atoms with Crippen LogP contribution in [-0.2, 0) is 0 Å². The van der Waals surface area contributed by atoms with Gasteiger partial charge < -0.3 is 0 Å². The molecular weight excluding hydrogens is 579 g/mol. The number of benzene rings is 9. The van der Waals surface area contributed by atoms with Gasteiger partial charge in [-0.25, -0.2) is 0 Å². The van der Waals surface area contributed by atoms with E-state index in [2.05, 4.69) is 158 Å². The van der Waals surface area contributed by atoms with Crippen molar-refractivity contribution in [2.24, 2.45) is 0 Å². The Morgan fingerprint density at radius 3 is 1.33 bits per heavy atom. The van der Waals surface area contributed by atoms with Crippen LogP contribution in [0.25, 0.3) is 98.7 Å². The van der Waals surface area contributed by atoms with Crippen molar-refractivity contribution in [3.8, 4) is 61.7 Å². The Morgan fingerprint density at radius 2 is 0.750 bits per heavy atom. The van der Waals surface area contributed by atoms with E-state index < -0.39 is 0 Å². The third-order valence-corrected chi connectivity index (χ3v) is 10.2. The first-order chi connectivity index (χ1) is 23.8. The molecule has 1 aliphatic rings. The Labute approximate surface area is 278 Å². The highest BCUT2D eigenvalue weighted by atomic mass is 14.3. The molecule has 0 fully saturated rings. The zero-order valence-corrected chi connectivity index (χ0v) is 26.0. The highest BCUT2D eigenvalue weighted by molar-refractivity contribution is 6.30. The summed E-state index contributed by atoms with van der Waals surface area (Å²) in [4.78, 5) is 0. The highest BCUT2D eigenvalue weighted by Gasteiger charge is 2.32. The monoisotopic (exact) mass is 605 g/mol. The zero-order chi connectivity index (χ0) is 31.8. The normalized spacial score (nSPS) is 11.7. The summed E-state index contributed by atoms with van der Waals surface area (Å²) in [7, 11) is 0. The van der Waals surface area contributed by atoms with Gasteiger partial charge in [-0.05, 0) is 111 Å². The molecule has 1 heteroatoms. The van der Waals surface area contributed by atoms with Crippen molar-refractivity contribution >= 4 is 43.1 Å². The van der Waals surface area contributed by atoms with Gasteiger partial charge in [-0.15, -0.1) is 0 Å². The van der Waals surface area contributed by atoms with Gasteiger partial charge >= 0.3 is 0 Å². The maximum atomic E-state index is 9.45. The van der Waals surface area contributed by atoms with E-state index in [1.807, 2.05) is 12.1 Å². The quantitative estimate of drug-likeness (QED) is 0.197. The smallest absolute Gasteiger partial charge is 0.0991 e. The van der Waals surface area contributed by atoms with E-state index >= 15 is 0 Å². The molecule has 0 amide bonds. The Hall–Kier alpha value is -6.49. The van der Waals surface area contributed by atoms with Crippen LogP contribution in [0.3, 0.4) is 0 Å². The molecule has 10 rings (SSSR count). The number of hydrogen-bond donors (Lipinski definition) is 0. The summed E-state index contributed by atoms with van der Waals surface area (Å²) in [5.74, 6) is 0. The Morgan fingerprint density at radius 1 is 0.312 bits per heavy atom. The Kier molecular flexibility index (Phi) is 5.71. The molecule has 1 nitrogen and oxygen atoms in total. The number of hydrogen-bond acceptors (Lipinski definition) is 1. The second-order valence-electron chi connectivity index (χ2n) is 12.7. The molecule has 0 heterocycles. The zero-order valence-electron chi connectivity index (χ0n) is 26.0. The van der Waals surface area contributed by atoms with Crippen molar-refractivity contribution in [3.63, 3.8) is 0 Å². The van der Waals surface area contributed by atoms with Crippen LogP contribution in [0, 0.1) is 11.3 Å². The van der Waals surface area contributed by atoms with Gasteiger partial charge in [0.2, 0.25) is 0 Å². The predicted molar refractivity (Wildman–Crippen MR) is 202 cm³/mol. The summed E-state index contributed by atoms with van der Waals surface area (Å²) in [6.07, 6.45) is 0. The molecule has 0 saturated carbocycles. The van der Waals surface area contributed by atoms with Crippen molar-refractivity contribution < 1.29 is 0 Å². The van der Waals surface area contributed by atoms with Crippen molar-refractivity contribution in [1.82, 2.24) is 0 Å². The summed E-state index contributed by atoms with van der Waals surface area (Å²) < 4.78 is 0. The number of fused-ring (bicyclic) bond motifs is 6. The summed E-state index contributed by atoms with van der Waals surface area (Å²) in [5.41, 5.74) is 13.2. The SMILES string of the molecule is N#Cc1ccc(-c2ccc3c4c(cccc24)-c2c-3c(-c3cccc4ccccc34)c3ccccc3c2-c2cccc3ccccc23)cc1.